The predicted octanol–water partition coefficient (Wildman–Crippen LogP) is 4.22. The van der Waals surface area contributed by atoms with E-state index in [9.17, 15) is 13.6 Å². The first kappa shape index (κ1) is 14.7. The Morgan fingerprint density at radius 1 is 1.15 bits per heavy atom. The van der Waals surface area contributed by atoms with Crippen molar-refractivity contribution in [3.63, 3.8) is 0 Å². The number of halogens is 3. The van der Waals surface area contributed by atoms with Crippen molar-refractivity contribution < 1.29 is 13.6 Å². The monoisotopic (exact) mass is 339 g/mol. The van der Waals surface area contributed by atoms with Crippen LogP contribution < -0.4 is 5.32 Å². The van der Waals surface area contributed by atoms with E-state index in [2.05, 4.69) is 21.2 Å². The van der Waals surface area contributed by atoms with E-state index in [1.807, 2.05) is 24.3 Å². The summed E-state index contributed by atoms with van der Waals surface area (Å²) in [7, 11) is 0. The van der Waals surface area contributed by atoms with Gasteiger partial charge in [0.1, 0.15) is 0 Å². The highest BCUT2D eigenvalue weighted by Gasteiger charge is 2.17. The van der Waals surface area contributed by atoms with Crippen LogP contribution in [0.25, 0.3) is 0 Å². The molecule has 0 aliphatic carbocycles. The zero-order valence-corrected chi connectivity index (χ0v) is 12.2. The predicted molar refractivity (Wildman–Crippen MR) is 76.4 cm³/mol. The molecular formula is C15H12BrF2NO. The van der Waals surface area contributed by atoms with Crippen molar-refractivity contribution in [1.82, 2.24) is 5.32 Å². The summed E-state index contributed by atoms with van der Waals surface area (Å²) in [5.41, 5.74) is 0.576. The Kier molecular flexibility index (Phi) is 4.49. The summed E-state index contributed by atoms with van der Waals surface area (Å²) in [6.07, 6.45) is 0. The van der Waals surface area contributed by atoms with E-state index in [1.165, 1.54) is 12.1 Å². The Morgan fingerprint density at radius 2 is 1.80 bits per heavy atom. The Labute approximate surface area is 123 Å². The molecule has 0 radical (unpaired) electrons. The van der Waals surface area contributed by atoms with Gasteiger partial charge in [0.25, 0.3) is 5.91 Å². The van der Waals surface area contributed by atoms with Crippen LogP contribution in [0.5, 0.6) is 0 Å². The van der Waals surface area contributed by atoms with Crippen molar-refractivity contribution in [2.75, 3.05) is 0 Å². The Balaban J connectivity index is 2.15. The van der Waals surface area contributed by atoms with Gasteiger partial charge in [-0.25, -0.2) is 8.78 Å². The largest absolute Gasteiger partial charge is 0.345 e. The number of carbonyl (C=O) groups excluding carboxylic acids is 1. The van der Waals surface area contributed by atoms with Crippen LogP contribution in [0.3, 0.4) is 0 Å². The second-order valence-corrected chi connectivity index (χ2v) is 5.26. The molecule has 0 aromatic heterocycles. The molecule has 0 aliphatic heterocycles. The van der Waals surface area contributed by atoms with Crippen LogP contribution in [-0.4, -0.2) is 5.91 Å². The lowest BCUT2D eigenvalue weighted by molar-refractivity contribution is 0.0934. The van der Waals surface area contributed by atoms with Crippen LogP contribution in [0.1, 0.15) is 28.9 Å². The first-order chi connectivity index (χ1) is 9.49. The summed E-state index contributed by atoms with van der Waals surface area (Å²) in [4.78, 5) is 11.9. The number of hydrogen-bond acceptors (Lipinski definition) is 1. The van der Waals surface area contributed by atoms with Crippen LogP contribution >= 0.6 is 15.9 Å². The summed E-state index contributed by atoms with van der Waals surface area (Å²) >= 11 is 3.32. The molecule has 0 aliphatic rings. The maximum atomic E-state index is 13.5. The Hall–Kier alpha value is -1.75. The molecule has 20 heavy (non-hydrogen) atoms. The van der Waals surface area contributed by atoms with Crippen molar-refractivity contribution in [2.45, 2.75) is 13.0 Å². The molecule has 0 saturated heterocycles. The number of rotatable bonds is 3. The smallest absolute Gasteiger partial charge is 0.254 e. The SMILES string of the molecule is CC(NC(=O)c1cccc(F)c1F)c1ccc(Br)cc1. The summed E-state index contributed by atoms with van der Waals surface area (Å²) in [6, 6.07) is 10.6. The van der Waals surface area contributed by atoms with Crippen molar-refractivity contribution in [3.8, 4) is 0 Å². The summed E-state index contributed by atoms with van der Waals surface area (Å²) in [5.74, 6) is -2.81. The lowest BCUT2D eigenvalue weighted by atomic mass is 10.1. The molecule has 5 heteroatoms. The van der Waals surface area contributed by atoms with Gasteiger partial charge in [-0.05, 0) is 36.8 Å². The fourth-order valence-electron chi connectivity index (χ4n) is 1.79. The fraction of sp³-hybridized carbons (Fsp3) is 0.133. The molecule has 1 unspecified atom stereocenters. The van der Waals surface area contributed by atoms with Gasteiger partial charge < -0.3 is 5.32 Å². The van der Waals surface area contributed by atoms with Crippen molar-refractivity contribution in [1.29, 1.82) is 0 Å². The number of amides is 1. The lowest BCUT2D eigenvalue weighted by Gasteiger charge is -2.15. The molecule has 0 bridgehead atoms. The third kappa shape index (κ3) is 3.22. The Bertz CT molecular complexity index is 628. The molecule has 0 spiro atoms. The van der Waals surface area contributed by atoms with Gasteiger partial charge in [0.05, 0.1) is 11.6 Å². The van der Waals surface area contributed by atoms with Crippen LogP contribution in [0.4, 0.5) is 8.78 Å². The van der Waals surface area contributed by atoms with Crippen LogP contribution in [0.2, 0.25) is 0 Å². The highest BCUT2D eigenvalue weighted by atomic mass is 79.9. The topological polar surface area (TPSA) is 29.1 Å². The molecule has 1 atom stereocenters. The fourth-order valence-corrected chi connectivity index (χ4v) is 2.05. The van der Waals surface area contributed by atoms with E-state index in [1.54, 1.807) is 6.92 Å². The first-order valence-corrected chi connectivity index (χ1v) is 6.78. The van der Waals surface area contributed by atoms with E-state index in [4.69, 9.17) is 0 Å². The average Bonchev–Trinajstić information content (AvgIpc) is 2.42. The minimum absolute atomic E-state index is 0.297. The molecular weight excluding hydrogens is 328 g/mol. The van der Waals surface area contributed by atoms with Gasteiger partial charge in [0.15, 0.2) is 11.6 Å². The molecule has 1 amide bonds. The maximum Gasteiger partial charge on any atom is 0.254 e. The quantitative estimate of drug-likeness (QED) is 0.891. The van der Waals surface area contributed by atoms with Crippen molar-refractivity contribution >= 4 is 21.8 Å². The molecule has 1 N–H and O–H groups in total. The lowest BCUT2D eigenvalue weighted by Crippen LogP contribution is -2.27. The van der Waals surface area contributed by atoms with Gasteiger partial charge in [-0.15, -0.1) is 0 Å². The number of hydrogen-bond donors (Lipinski definition) is 1. The van der Waals surface area contributed by atoms with Gasteiger partial charge in [-0.3, -0.25) is 4.79 Å². The van der Waals surface area contributed by atoms with Crippen LogP contribution in [-0.2, 0) is 0 Å². The minimum Gasteiger partial charge on any atom is -0.345 e. The zero-order valence-electron chi connectivity index (χ0n) is 10.7. The number of benzene rings is 2. The number of nitrogens with one attached hydrogen (secondary N) is 1. The summed E-state index contributed by atoms with van der Waals surface area (Å²) in [6.45, 7) is 1.78. The Morgan fingerprint density at radius 3 is 2.45 bits per heavy atom. The van der Waals surface area contributed by atoms with Gasteiger partial charge in [0.2, 0.25) is 0 Å². The van der Waals surface area contributed by atoms with E-state index >= 15 is 0 Å². The summed E-state index contributed by atoms with van der Waals surface area (Å²) < 4.78 is 27.5. The van der Waals surface area contributed by atoms with Gasteiger partial charge in [0, 0.05) is 4.47 Å². The van der Waals surface area contributed by atoms with E-state index in [0.29, 0.717) is 0 Å². The van der Waals surface area contributed by atoms with Crippen molar-refractivity contribution in [2.24, 2.45) is 0 Å². The number of carbonyl (C=O) groups is 1. The van der Waals surface area contributed by atoms with E-state index in [0.717, 1.165) is 16.1 Å². The molecule has 104 valence electrons. The highest BCUT2D eigenvalue weighted by molar-refractivity contribution is 9.10. The third-order valence-corrected chi connectivity index (χ3v) is 3.44. The second kappa shape index (κ2) is 6.13. The molecule has 2 nitrogen and oxygen atoms in total. The third-order valence-electron chi connectivity index (χ3n) is 2.91. The van der Waals surface area contributed by atoms with Crippen LogP contribution in [0, 0.1) is 11.6 Å². The standard InChI is InChI=1S/C15H12BrF2NO/c1-9(10-5-7-11(16)8-6-10)19-15(20)12-3-2-4-13(17)14(12)18/h2-9H,1H3,(H,19,20). The average molecular weight is 340 g/mol. The first-order valence-electron chi connectivity index (χ1n) is 5.99. The van der Waals surface area contributed by atoms with E-state index in [-0.39, 0.29) is 11.6 Å². The molecule has 2 aromatic carbocycles. The van der Waals surface area contributed by atoms with Gasteiger partial charge >= 0.3 is 0 Å². The van der Waals surface area contributed by atoms with Gasteiger partial charge in [-0.1, -0.05) is 34.1 Å². The van der Waals surface area contributed by atoms with Crippen molar-refractivity contribution in [3.05, 3.63) is 69.7 Å². The highest BCUT2D eigenvalue weighted by Crippen LogP contribution is 2.18. The molecule has 2 aromatic rings. The molecule has 0 saturated carbocycles. The van der Waals surface area contributed by atoms with Gasteiger partial charge in [-0.2, -0.15) is 0 Å². The molecule has 0 fully saturated rings. The minimum atomic E-state index is -1.13. The maximum absolute atomic E-state index is 13.5. The second-order valence-electron chi connectivity index (χ2n) is 4.35. The normalized spacial score (nSPS) is 12.0. The van der Waals surface area contributed by atoms with E-state index < -0.39 is 17.5 Å². The molecule has 0 heterocycles. The van der Waals surface area contributed by atoms with Crippen LogP contribution in [0.15, 0.2) is 46.9 Å². The molecule has 2 rings (SSSR count). The summed E-state index contributed by atoms with van der Waals surface area (Å²) in [5, 5.41) is 2.64. The zero-order chi connectivity index (χ0) is 14.7.